The first kappa shape index (κ1) is 16.4. The number of aromatic nitrogens is 1. The van der Waals surface area contributed by atoms with Crippen LogP contribution >= 0.6 is 0 Å². The molecular formula is C16H18N2O5. The van der Waals surface area contributed by atoms with Crippen LogP contribution in [0.3, 0.4) is 0 Å². The molecule has 2 N–H and O–H groups in total. The van der Waals surface area contributed by atoms with E-state index < -0.39 is 17.9 Å². The summed E-state index contributed by atoms with van der Waals surface area (Å²) in [6.07, 6.45) is 1.71. The molecule has 2 aromatic rings. The summed E-state index contributed by atoms with van der Waals surface area (Å²) in [5.74, 6) is -0.814. The van der Waals surface area contributed by atoms with E-state index in [1.165, 1.54) is 14.2 Å². The molecule has 1 aromatic heterocycles. The van der Waals surface area contributed by atoms with Crippen molar-refractivity contribution >= 4 is 11.9 Å². The summed E-state index contributed by atoms with van der Waals surface area (Å²) in [5.41, 5.74) is 0.701. The first-order valence-corrected chi connectivity index (χ1v) is 6.85. The molecule has 7 heteroatoms. The van der Waals surface area contributed by atoms with Gasteiger partial charge in [-0.05, 0) is 24.3 Å². The van der Waals surface area contributed by atoms with Crippen LogP contribution in [0, 0.1) is 0 Å². The number of rotatable bonds is 6. The van der Waals surface area contributed by atoms with Crippen LogP contribution in [0.15, 0.2) is 36.5 Å². The second-order valence-electron chi connectivity index (χ2n) is 4.86. The van der Waals surface area contributed by atoms with Crippen molar-refractivity contribution in [3.05, 3.63) is 47.8 Å². The molecule has 1 atom stereocenters. The third-order valence-electron chi connectivity index (χ3n) is 3.45. The van der Waals surface area contributed by atoms with Crippen molar-refractivity contribution in [3.8, 4) is 11.5 Å². The monoisotopic (exact) mass is 318 g/mol. The van der Waals surface area contributed by atoms with E-state index in [1.807, 2.05) is 0 Å². The van der Waals surface area contributed by atoms with E-state index in [-0.39, 0.29) is 0 Å². The molecule has 7 nitrogen and oxygen atoms in total. The highest BCUT2D eigenvalue weighted by atomic mass is 16.5. The summed E-state index contributed by atoms with van der Waals surface area (Å²) in [5, 5.41) is 12.0. The van der Waals surface area contributed by atoms with E-state index >= 15 is 0 Å². The summed E-state index contributed by atoms with van der Waals surface area (Å²) in [6, 6.07) is 6.82. The van der Waals surface area contributed by atoms with Gasteiger partial charge in [0.25, 0.3) is 5.91 Å². The zero-order valence-electron chi connectivity index (χ0n) is 13.1. The van der Waals surface area contributed by atoms with E-state index in [9.17, 15) is 14.7 Å². The van der Waals surface area contributed by atoms with Crippen molar-refractivity contribution in [3.63, 3.8) is 0 Å². The van der Waals surface area contributed by atoms with Crippen LogP contribution in [0.4, 0.5) is 0 Å². The number of carbonyl (C=O) groups excluding carboxylic acids is 1. The fourth-order valence-corrected chi connectivity index (χ4v) is 2.23. The zero-order chi connectivity index (χ0) is 17.0. The SMILES string of the molecule is COc1ccc(C(NC(=O)c2cccn2C)C(=O)O)c(OC)c1. The highest BCUT2D eigenvalue weighted by Crippen LogP contribution is 2.30. The molecular weight excluding hydrogens is 300 g/mol. The predicted octanol–water partition coefficient (Wildman–Crippen LogP) is 1.60. The third kappa shape index (κ3) is 3.45. The van der Waals surface area contributed by atoms with Gasteiger partial charge in [0.1, 0.15) is 17.2 Å². The smallest absolute Gasteiger partial charge is 0.331 e. The van der Waals surface area contributed by atoms with Gasteiger partial charge in [-0.3, -0.25) is 4.79 Å². The van der Waals surface area contributed by atoms with Crippen LogP contribution in [-0.4, -0.2) is 35.8 Å². The molecule has 23 heavy (non-hydrogen) atoms. The average molecular weight is 318 g/mol. The molecule has 1 unspecified atom stereocenters. The van der Waals surface area contributed by atoms with Gasteiger partial charge in [-0.15, -0.1) is 0 Å². The van der Waals surface area contributed by atoms with Gasteiger partial charge < -0.3 is 24.5 Å². The minimum Gasteiger partial charge on any atom is -0.497 e. The highest BCUT2D eigenvalue weighted by Gasteiger charge is 2.26. The van der Waals surface area contributed by atoms with Crippen LogP contribution in [0.5, 0.6) is 11.5 Å². The number of methoxy groups -OCH3 is 2. The number of nitrogens with one attached hydrogen (secondary N) is 1. The molecule has 122 valence electrons. The number of carbonyl (C=O) groups is 2. The lowest BCUT2D eigenvalue weighted by atomic mass is 10.0. The Morgan fingerprint density at radius 3 is 2.48 bits per heavy atom. The Hall–Kier alpha value is -2.96. The lowest BCUT2D eigenvalue weighted by Crippen LogP contribution is -2.34. The number of ether oxygens (including phenoxy) is 2. The van der Waals surface area contributed by atoms with Crippen LogP contribution in [0.1, 0.15) is 22.1 Å². The van der Waals surface area contributed by atoms with Crippen molar-refractivity contribution < 1.29 is 24.2 Å². The van der Waals surface area contributed by atoms with Crippen LogP contribution in [-0.2, 0) is 11.8 Å². The molecule has 0 aliphatic carbocycles. The predicted molar refractivity (Wildman–Crippen MR) is 82.8 cm³/mol. The number of benzene rings is 1. The first-order valence-electron chi connectivity index (χ1n) is 6.85. The summed E-state index contributed by atoms with van der Waals surface area (Å²) in [6.45, 7) is 0. The number of aliphatic carboxylic acids is 1. The summed E-state index contributed by atoms with van der Waals surface area (Å²) < 4.78 is 11.9. The summed E-state index contributed by atoms with van der Waals surface area (Å²) in [7, 11) is 4.63. The maximum absolute atomic E-state index is 12.3. The standard InChI is InChI=1S/C16H18N2O5/c1-18-8-4-5-12(18)15(19)17-14(16(20)21)11-7-6-10(22-2)9-13(11)23-3/h4-9,14H,1-3H3,(H,17,19)(H,20,21). The molecule has 1 heterocycles. The van der Waals surface area contributed by atoms with Crippen molar-refractivity contribution in [2.24, 2.45) is 7.05 Å². The van der Waals surface area contributed by atoms with E-state index in [0.717, 1.165) is 0 Å². The number of aryl methyl sites for hydroxylation is 1. The second kappa shape index (κ2) is 6.87. The second-order valence-corrected chi connectivity index (χ2v) is 4.86. The number of carboxylic acids is 1. The Morgan fingerprint density at radius 1 is 1.22 bits per heavy atom. The summed E-state index contributed by atoms with van der Waals surface area (Å²) in [4.78, 5) is 23.9. The van der Waals surface area contributed by atoms with Crippen molar-refractivity contribution in [1.82, 2.24) is 9.88 Å². The molecule has 0 aliphatic heterocycles. The van der Waals surface area contributed by atoms with Gasteiger partial charge >= 0.3 is 5.97 Å². The molecule has 0 spiro atoms. The fraction of sp³-hybridized carbons (Fsp3) is 0.250. The van der Waals surface area contributed by atoms with Gasteiger partial charge in [-0.1, -0.05) is 0 Å². The minimum absolute atomic E-state index is 0.323. The first-order chi connectivity index (χ1) is 11.0. The molecule has 1 amide bonds. The minimum atomic E-state index is -1.24. The molecule has 2 rings (SSSR count). The molecule has 0 radical (unpaired) electrons. The Labute approximate surface area is 133 Å². The normalized spacial score (nSPS) is 11.6. The number of hydrogen-bond acceptors (Lipinski definition) is 4. The lowest BCUT2D eigenvalue weighted by Gasteiger charge is -2.18. The Balaban J connectivity index is 2.34. The highest BCUT2D eigenvalue weighted by molar-refractivity contribution is 5.95. The summed E-state index contributed by atoms with van der Waals surface area (Å²) >= 11 is 0. The van der Waals surface area contributed by atoms with Gasteiger partial charge in [0, 0.05) is 24.9 Å². The molecule has 0 fully saturated rings. The van der Waals surface area contributed by atoms with Crippen molar-refractivity contribution in [2.45, 2.75) is 6.04 Å². The van der Waals surface area contributed by atoms with Crippen LogP contribution in [0.2, 0.25) is 0 Å². The van der Waals surface area contributed by atoms with Crippen LogP contribution in [0.25, 0.3) is 0 Å². The number of hydrogen-bond donors (Lipinski definition) is 2. The maximum Gasteiger partial charge on any atom is 0.331 e. The molecule has 0 bridgehead atoms. The molecule has 0 aliphatic rings. The van der Waals surface area contributed by atoms with E-state index in [1.54, 1.807) is 48.1 Å². The lowest BCUT2D eigenvalue weighted by molar-refractivity contribution is -0.139. The van der Waals surface area contributed by atoms with Crippen LogP contribution < -0.4 is 14.8 Å². The largest absolute Gasteiger partial charge is 0.497 e. The Kier molecular flexibility index (Phi) is 4.90. The Bertz CT molecular complexity index is 723. The third-order valence-corrected chi connectivity index (χ3v) is 3.45. The van der Waals surface area contributed by atoms with E-state index in [0.29, 0.717) is 22.8 Å². The van der Waals surface area contributed by atoms with E-state index in [2.05, 4.69) is 5.32 Å². The quantitative estimate of drug-likeness (QED) is 0.844. The number of nitrogens with zero attached hydrogens (tertiary/aromatic N) is 1. The Morgan fingerprint density at radius 2 is 1.96 bits per heavy atom. The average Bonchev–Trinajstić information content (AvgIpc) is 2.97. The topological polar surface area (TPSA) is 89.8 Å². The van der Waals surface area contributed by atoms with Gasteiger partial charge in [-0.2, -0.15) is 0 Å². The number of carboxylic acid groups (broad SMARTS) is 1. The van der Waals surface area contributed by atoms with Crippen molar-refractivity contribution in [2.75, 3.05) is 14.2 Å². The fourth-order valence-electron chi connectivity index (χ4n) is 2.23. The maximum atomic E-state index is 12.3. The van der Waals surface area contributed by atoms with Gasteiger partial charge in [-0.25, -0.2) is 4.79 Å². The van der Waals surface area contributed by atoms with E-state index in [4.69, 9.17) is 9.47 Å². The van der Waals surface area contributed by atoms with Crippen molar-refractivity contribution in [1.29, 1.82) is 0 Å². The number of amides is 1. The van der Waals surface area contributed by atoms with Gasteiger partial charge in [0.15, 0.2) is 6.04 Å². The van der Waals surface area contributed by atoms with Gasteiger partial charge in [0.2, 0.25) is 0 Å². The van der Waals surface area contributed by atoms with Gasteiger partial charge in [0.05, 0.1) is 14.2 Å². The molecule has 0 saturated heterocycles. The zero-order valence-corrected chi connectivity index (χ0v) is 13.1. The molecule has 1 aromatic carbocycles. The molecule has 0 saturated carbocycles.